The summed E-state index contributed by atoms with van der Waals surface area (Å²) in [5.74, 6) is -0.249. The molecule has 0 saturated heterocycles. The lowest BCUT2D eigenvalue weighted by molar-refractivity contribution is -0.125. The first kappa shape index (κ1) is 21.0. The van der Waals surface area contributed by atoms with Crippen molar-refractivity contribution in [3.63, 3.8) is 0 Å². The van der Waals surface area contributed by atoms with E-state index in [0.29, 0.717) is 12.1 Å². The van der Waals surface area contributed by atoms with Gasteiger partial charge in [-0.05, 0) is 43.5 Å². The third-order valence-electron chi connectivity index (χ3n) is 6.57. The molecule has 166 valence electrons. The molecule has 2 N–H and O–H groups in total. The molecular weight excluding hydrogens is 410 g/mol. The van der Waals surface area contributed by atoms with E-state index in [1.807, 2.05) is 86.6 Å². The highest BCUT2D eigenvalue weighted by Gasteiger charge is 2.43. The van der Waals surface area contributed by atoms with Crippen LogP contribution in [0.3, 0.4) is 0 Å². The minimum Gasteiger partial charge on any atom is -0.358 e. The van der Waals surface area contributed by atoms with E-state index in [-0.39, 0.29) is 17.9 Å². The fourth-order valence-corrected chi connectivity index (χ4v) is 4.93. The van der Waals surface area contributed by atoms with Gasteiger partial charge in [-0.3, -0.25) is 9.59 Å². The number of para-hydroxylation sites is 1. The fourth-order valence-electron chi connectivity index (χ4n) is 4.93. The highest BCUT2D eigenvalue weighted by molar-refractivity contribution is 6.03. The second kappa shape index (κ2) is 8.58. The Morgan fingerprint density at radius 2 is 1.70 bits per heavy atom. The monoisotopic (exact) mass is 437 g/mol. The van der Waals surface area contributed by atoms with Crippen LogP contribution < -0.4 is 5.32 Å². The van der Waals surface area contributed by atoms with Crippen molar-refractivity contribution in [1.29, 1.82) is 0 Å². The van der Waals surface area contributed by atoms with Gasteiger partial charge < -0.3 is 15.2 Å². The number of hydrogen-bond donors (Lipinski definition) is 2. The summed E-state index contributed by atoms with van der Waals surface area (Å²) in [6, 6.07) is 24.9. The second-order valence-electron chi connectivity index (χ2n) is 8.61. The summed E-state index contributed by atoms with van der Waals surface area (Å²) in [4.78, 5) is 31.9. The molecule has 5 nitrogen and oxygen atoms in total. The minimum atomic E-state index is -0.612. The van der Waals surface area contributed by atoms with Crippen LogP contribution in [0.1, 0.15) is 45.7 Å². The molecular formula is C28H27N3O2. The van der Waals surface area contributed by atoms with Crippen molar-refractivity contribution in [3.05, 3.63) is 107 Å². The molecule has 5 heteroatoms. The van der Waals surface area contributed by atoms with Gasteiger partial charge in [0.15, 0.2) is 0 Å². The molecule has 0 fully saturated rings. The number of nitrogens with one attached hydrogen (secondary N) is 2. The molecule has 0 radical (unpaired) electrons. The number of rotatable bonds is 6. The molecule has 2 heterocycles. The number of aromatic nitrogens is 1. The van der Waals surface area contributed by atoms with E-state index in [4.69, 9.17) is 0 Å². The van der Waals surface area contributed by atoms with Crippen molar-refractivity contribution in [2.45, 2.75) is 32.4 Å². The quantitative estimate of drug-likeness (QED) is 0.456. The predicted octanol–water partition coefficient (Wildman–Crippen LogP) is 4.77. The third kappa shape index (κ3) is 3.69. The summed E-state index contributed by atoms with van der Waals surface area (Å²) in [5.41, 5.74) is 5.86. The first-order chi connectivity index (χ1) is 16.1. The number of nitrogens with zero attached hydrogens (tertiary/aromatic N) is 1. The Bertz CT molecular complexity index is 1330. The predicted molar refractivity (Wildman–Crippen MR) is 130 cm³/mol. The molecule has 1 aliphatic heterocycles. The number of carbonyl (C=O) groups is 2. The second-order valence-corrected chi connectivity index (χ2v) is 8.61. The zero-order valence-corrected chi connectivity index (χ0v) is 18.8. The molecule has 0 bridgehead atoms. The fraction of sp³-hybridized carbons (Fsp3) is 0.214. The summed E-state index contributed by atoms with van der Waals surface area (Å²) >= 11 is 0. The summed E-state index contributed by atoms with van der Waals surface area (Å²) < 4.78 is 0. The number of carbonyl (C=O) groups excluding carboxylic acids is 2. The molecule has 0 saturated carbocycles. The lowest BCUT2D eigenvalue weighted by Crippen LogP contribution is -2.47. The van der Waals surface area contributed by atoms with E-state index >= 15 is 0 Å². The zero-order valence-electron chi connectivity index (χ0n) is 18.8. The Morgan fingerprint density at radius 1 is 1.00 bits per heavy atom. The average Bonchev–Trinajstić information content (AvgIpc) is 3.32. The molecule has 2 amide bonds. The van der Waals surface area contributed by atoms with Gasteiger partial charge in [-0.1, -0.05) is 66.7 Å². The van der Waals surface area contributed by atoms with Crippen LogP contribution >= 0.6 is 0 Å². The first-order valence-corrected chi connectivity index (χ1v) is 11.4. The van der Waals surface area contributed by atoms with Gasteiger partial charge in [-0.25, -0.2) is 0 Å². The standard InChI is InChI=1S/C28H27N3O2/c1-18-25(23-14-8-9-15-24(23)30-18)26-21-12-6-7-13-22(21)28(33)31(26)19(2)27(32)29-17-16-20-10-4-3-5-11-20/h3-15,19,26,30H,16-17H2,1-2H3,(H,29,32)/t19-,26-/m1/s1. The Labute approximate surface area is 193 Å². The lowest BCUT2D eigenvalue weighted by atomic mass is 9.95. The Morgan fingerprint density at radius 3 is 2.52 bits per heavy atom. The maximum atomic E-state index is 13.5. The van der Waals surface area contributed by atoms with E-state index in [1.165, 1.54) is 5.56 Å². The molecule has 5 rings (SSSR count). The van der Waals surface area contributed by atoms with E-state index in [0.717, 1.165) is 34.1 Å². The SMILES string of the molecule is Cc1[nH]c2ccccc2c1[C@H]1c2ccccc2C(=O)N1[C@H](C)C(=O)NCCc1ccccc1. The number of fused-ring (bicyclic) bond motifs is 2. The van der Waals surface area contributed by atoms with Crippen LogP contribution in [0.15, 0.2) is 78.9 Å². The van der Waals surface area contributed by atoms with E-state index in [9.17, 15) is 9.59 Å². The number of hydrogen-bond acceptors (Lipinski definition) is 2. The van der Waals surface area contributed by atoms with Crippen LogP contribution in [0.25, 0.3) is 10.9 Å². The maximum absolute atomic E-state index is 13.5. The van der Waals surface area contributed by atoms with Gasteiger partial charge in [0, 0.05) is 34.3 Å². The molecule has 0 aliphatic carbocycles. The van der Waals surface area contributed by atoms with Gasteiger partial charge in [-0.2, -0.15) is 0 Å². The summed E-state index contributed by atoms with van der Waals surface area (Å²) in [7, 11) is 0. The smallest absolute Gasteiger partial charge is 0.255 e. The van der Waals surface area contributed by atoms with Crippen LogP contribution in [-0.4, -0.2) is 34.3 Å². The van der Waals surface area contributed by atoms with Crippen molar-refractivity contribution in [2.75, 3.05) is 6.54 Å². The molecule has 0 spiro atoms. The van der Waals surface area contributed by atoms with Crippen LogP contribution in [0, 0.1) is 6.92 Å². The number of aromatic amines is 1. The van der Waals surface area contributed by atoms with Crippen molar-refractivity contribution in [1.82, 2.24) is 15.2 Å². The van der Waals surface area contributed by atoms with Crippen molar-refractivity contribution < 1.29 is 9.59 Å². The van der Waals surface area contributed by atoms with E-state index in [2.05, 4.69) is 16.4 Å². The average molecular weight is 438 g/mol. The highest BCUT2D eigenvalue weighted by Crippen LogP contribution is 2.43. The lowest BCUT2D eigenvalue weighted by Gasteiger charge is -2.31. The Hall–Kier alpha value is -3.86. The summed E-state index contributed by atoms with van der Waals surface area (Å²) in [5, 5.41) is 4.11. The van der Waals surface area contributed by atoms with Gasteiger partial charge in [0.25, 0.3) is 5.91 Å². The number of amides is 2. The van der Waals surface area contributed by atoms with Crippen LogP contribution in [0.4, 0.5) is 0 Å². The summed E-state index contributed by atoms with van der Waals surface area (Å²) in [6.07, 6.45) is 0.748. The summed E-state index contributed by atoms with van der Waals surface area (Å²) in [6.45, 7) is 4.38. The first-order valence-electron chi connectivity index (χ1n) is 11.4. The van der Waals surface area contributed by atoms with Gasteiger partial charge in [0.05, 0.1) is 6.04 Å². The maximum Gasteiger partial charge on any atom is 0.255 e. The van der Waals surface area contributed by atoms with Gasteiger partial charge in [0.2, 0.25) is 5.91 Å². The third-order valence-corrected chi connectivity index (χ3v) is 6.57. The molecule has 4 aromatic rings. The van der Waals surface area contributed by atoms with Crippen LogP contribution in [-0.2, 0) is 11.2 Å². The molecule has 2 atom stereocenters. The van der Waals surface area contributed by atoms with Crippen LogP contribution in [0.2, 0.25) is 0 Å². The Balaban J connectivity index is 1.47. The van der Waals surface area contributed by atoms with Gasteiger partial charge in [0.1, 0.15) is 6.04 Å². The number of benzene rings is 3. The minimum absolute atomic E-state index is 0.106. The van der Waals surface area contributed by atoms with E-state index in [1.54, 1.807) is 4.90 Å². The largest absolute Gasteiger partial charge is 0.358 e. The molecule has 33 heavy (non-hydrogen) atoms. The van der Waals surface area contributed by atoms with E-state index < -0.39 is 6.04 Å². The molecule has 1 aromatic heterocycles. The number of aryl methyl sites for hydroxylation is 1. The highest BCUT2D eigenvalue weighted by atomic mass is 16.2. The normalized spacial score (nSPS) is 16.1. The van der Waals surface area contributed by atoms with Crippen molar-refractivity contribution >= 4 is 22.7 Å². The van der Waals surface area contributed by atoms with Crippen molar-refractivity contribution in [2.24, 2.45) is 0 Å². The molecule has 0 unspecified atom stereocenters. The molecule has 1 aliphatic rings. The topological polar surface area (TPSA) is 65.2 Å². The van der Waals surface area contributed by atoms with Crippen molar-refractivity contribution in [3.8, 4) is 0 Å². The van der Waals surface area contributed by atoms with Gasteiger partial charge >= 0.3 is 0 Å². The molecule has 3 aromatic carbocycles. The number of H-pyrrole nitrogens is 1. The van der Waals surface area contributed by atoms with Crippen LogP contribution in [0.5, 0.6) is 0 Å². The Kier molecular flexibility index (Phi) is 5.47. The zero-order chi connectivity index (χ0) is 22.9. The van der Waals surface area contributed by atoms with Gasteiger partial charge in [-0.15, -0.1) is 0 Å².